The van der Waals surface area contributed by atoms with Crippen LogP contribution >= 0.6 is 0 Å². The summed E-state index contributed by atoms with van der Waals surface area (Å²) < 4.78 is 17.8. The van der Waals surface area contributed by atoms with Gasteiger partial charge in [0.1, 0.15) is 23.1 Å². The van der Waals surface area contributed by atoms with Gasteiger partial charge in [-0.05, 0) is 81.6 Å². The van der Waals surface area contributed by atoms with Gasteiger partial charge in [0.05, 0.1) is 43.8 Å². The smallest absolute Gasteiger partial charge is 0.253 e. The molecule has 1 spiro atoms. The molecule has 0 aromatic heterocycles. The third-order valence-electron chi connectivity index (χ3n) is 9.79. The number of benzene rings is 2. The number of carbonyl (C=O) groups excluding carboxylic acids is 3. The lowest BCUT2D eigenvalue weighted by molar-refractivity contribution is -0.148. The molecule has 10 nitrogen and oxygen atoms in total. The first-order chi connectivity index (χ1) is 22.1. The number of nitrogens with zero attached hydrogens (tertiary/aromatic N) is 3. The van der Waals surface area contributed by atoms with Gasteiger partial charge < -0.3 is 34.0 Å². The number of ether oxygens (including phenoxy) is 3. The maximum atomic E-state index is 14.8. The third kappa shape index (κ3) is 5.37. The molecule has 0 radical (unpaired) electrons. The second kappa shape index (κ2) is 13.3. The molecule has 3 fully saturated rings. The minimum absolute atomic E-state index is 0.185. The predicted molar refractivity (Wildman–Crippen MR) is 176 cm³/mol. The Morgan fingerprint density at radius 3 is 2.07 bits per heavy atom. The molecule has 2 aromatic rings. The van der Waals surface area contributed by atoms with Crippen LogP contribution in [0.3, 0.4) is 0 Å². The van der Waals surface area contributed by atoms with Crippen LogP contribution in [0.4, 0.5) is 11.4 Å². The Hall–Kier alpha value is -4.15. The molecule has 6 atom stereocenters. The first-order valence-electron chi connectivity index (χ1n) is 16.0. The van der Waals surface area contributed by atoms with Crippen LogP contribution in [-0.4, -0.2) is 84.4 Å². The number of anilines is 2. The number of carbonyl (C=O) groups is 3. The zero-order chi connectivity index (χ0) is 33.2. The number of hydrogen-bond acceptors (Lipinski definition) is 7. The van der Waals surface area contributed by atoms with E-state index in [2.05, 4.69) is 13.2 Å². The van der Waals surface area contributed by atoms with E-state index in [1.165, 1.54) is 4.90 Å². The second-order valence-electron chi connectivity index (χ2n) is 12.3. The second-order valence-corrected chi connectivity index (χ2v) is 12.3. The lowest BCUT2D eigenvalue weighted by Gasteiger charge is -2.39. The fourth-order valence-corrected chi connectivity index (χ4v) is 7.70. The standard InChI is InChI=1S/C36H45N3O7/c1-7-21-37(25-13-17-28(18-14-25)45-10-4)32(41)29-30-33(42)39(24(9-3)23-40)31(36(30)20-19-35(29,5)46-36)34(43)38(22-8-2)26-11-15-27(44-6)16-12-26/h7-8,11-18,24,29-31,40H,1-2,9-10,19-23H2,3-6H3/t24-,29+,30-,31?,35-,36?/m0/s1. The lowest BCUT2D eigenvalue weighted by Crippen LogP contribution is -2.59. The summed E-state index contributed by atoms with van der Waals surface area (Å²) in [6.45, 7) is 14.0. The predicted octanol–water partition coefficient (Wildman–Crippen LogP) is 4.37. The quantitative estimate of drug-likeness (QED) is 0.309. The molecule has 246 valence electrons. The van der Waals surface area contributed by atoms with E-state index in [9.17, 15) is 19.5 Å². The van der Waals surface area contributed by atoms with Crippen molar-refractivity contribution in [3.63, 3.8) is 0 Å². The molecule has 3 aliphatic heterocycles. The van der Waals surface area contributed by atoms with Crippen LogP contribution in [-0.2, 0) is 19.1 Å². The van der Waals surface area contributed by atoms with Crippen molar-refractivity contribution in [2.45, 2.75) is 63.3 Å². The van der Waals surface area contributed by atoms with Gasteiger partial charge in [0.2, 0.25) is 11.8 Å². The van der Waals surface area contributed by atoms with Crippen LogP contribution in [0.15, 0.2) is 73.8 Å². The monoisotopic (exact) mass is 631 g/mol. The van der Waals surface area contributed by atoms with Crippen molar-refractivity contribution in [2.75, 3.05) is 43.2 Å². The maximum Gasteiger partial charge on any atom is 0.253 e. The fraction of sp³-hybridized carbons (Fsp3) is 0.472. The SMILES string of the molecule is C=CCN(C(=O)C1N([C@@H](CC)CO)C(=O)[C@@H]2[C@H](C(=O)N(CC=C)c3ccc(OCC)cc3)[C@]3(C)CCC12O3)c1ccc(OC)cc1. The zero-order valence-corrected chi connectivity index (χ0v) is 27.2. The van der Waals surface area contributed by atoms with E-state index in [1.807, 2.05) is 32.9 Å². The molecule has 2 unspecified atom stereocenters. The molecule has 3 amide bonds. The van der Waals surface area contributed by atoms with Crippen molar-refractivity contribution in [2.24, 2.45) is 11.8 Å². The highest BCUT2D eigenvalue weighted by molar-refractivity contribution is 6.07. The third-order valence-corrected chi connectivity index (χ3v) is 9.79. The fourth-order valence-electron chi connectivity index (χ4n) is 7.70. The number of hydrogen-bond donors (Lipinski definition) is 1. The van der Waals surface area contributed by atoms with Crippen LogP contribution in [0.25, 0.3) is 0 Å². The molecule has 46 heavy (non-hydrogen) atoms. The number of likely N-dealkylation sites (tertiary alicyclic amines) is 1. The van der Waals surface area contributed by atoms with Crippen LogP contribution in [0.5, 0.6) is 11.5 Å². The van der Waals surface area contributed by atoms with Gasteiger partial charge in [-0.3, -0.25) is 14.4 Å². The Balaban J connectivity index is 1.59. The van der Waals surface area contributed by atoms with Gasteiger partial charge in [0.25, 0.3) is 5.91 Å². The van der Waals surface area contributed by atoms with Gasteiger partial charge in [-0.15, -0.1) is 13.2 Å². The van der Waals surface area contributed by atoms with E-state index in [4.69, 9.17) is 14.2 Å². The van der Waals surface area contributed by atoms with Crippen molar-refractivity contribution < 1.29 is 33.7 Å². The van der Waals surface area contributed by atoms with Gasteiger partial charge in [-0.1, -0.05) is 19.1 Å². The molecule has 1 N–H and O–H groups in total. The van der Waals surface area contributed by atoms with E-state index in [1.54, 1.807) is 65.5 Å². The Morgan fingerprint density at radius 1 is 1.00 bits per heavy atom. The highest BCUT2D eigenvalue weighted by Crippen LogP contribution is 2.64. The van der Waals surface area contributed by atoms with Crippen LogP contribution in [0.2, 0.25) is 0 Å². The van der Waals surface area contributed by atoms with Crippen LogP contribution in [0.1, 0.15) is 40.0 Å². The highest BCUT2D eigenvalue weighted by Gasteiger charge is 2.79. The van der Waals surface area contributed by atoms with Crippen molar-refractivity contribution in [3.05, 3.63) is 73.8 Å². The number of rotatable bonds is 14. The molecule has 3 aliphatic rings. The van der Waals surface area contributed by atoms with Crippen LogP contribution < -0.4 is 19.3 Å². The Bertz CT molecular complexity index is 1460. The van der Waals surface area contributed by atoms with E-state index in [0.29, 0.717) is 48.7 Å². The van der Waals surface area contributed by atoms with Gasteiger partial charge in [-0.2, -0.15) is 0 Å². The van der Waals surface area contributed by atoms with Gasteiger partial charge in [0.15, 0.2) is 0 Å². The van der Waals surface area contributed by atoms with Gasteiger partial charge in [0, 0.05) is 24.5 Å². The van der Waals surface area contributed by atoms with E-state index < -0.39 is 35.1 Å². The molecule has 0 aliphatic carbocycles. The normalized spacial score (nSPS) is 26.8. The molecule has 10 heteroatoms. The summed E-state index contributed by atoms with van der Waals surface area (Å²) in [5.41, 5.74) is -0.982. The number of methoxy groups -OCH3 is 1. The average Bonchev–Trinajstić information content (AvgIpc) is 3.64. The summed E-state index contributed by atoms with van der Waals surface area (Å²) in [4.78, 5) is 48.8. The molecule has 2 bridgehead atoms. The van der Waals surface area contributed by atoms with Crippen LogP contribution in [0, 0.1) is 11.8 Å². The minimum atomic E-state index is -1.25. The van der Waals surface area contributed by atoms with Gasteiger partial charge in [-0.25, -0.2) is 0 Å². The van der Waals surface area contributed by atoms with Crippen molar-refractivity contribution >= 4 is 29.1 Å². The Morgan fingerprint density at radius 2 is 1.57 bits per heavy atom. The first kappa shape index (κ1) is 33.2. The summed E-state index contributed by atoms with van der Waals surface area (Å²) in [6.07, 6.45) is 4.62. The lowest BCUT2D eigenvalue weighted by atomic mass is 9.66. The topological polar surface area (TPSA) is 109 Å². The van der Waals surface area contributed by atoms with Gasteiger partial charge >= 0.3 is 0 Å². The molecule has 5 rings (SSSR count). The summed E-state index contributed by atoms with van der Waals surface area (Å²) in [7, 11) is 1.57. The minimum Gasteiger partial charge on any atom is -0.497 e. The van der Waals surface area contributed by atoms with E-state index in [0.717, 1.165) is 0 Å². The molecular formula is C36H45N3O7. The first-order valence-corrected chi connectivity index (χ1v) is 16.0. The molecule has 0 saturated carbocycles. The number of amides is 3. The largest absolute Gasteiger partial charge is 0.497 e. The molecule has 3 saturated heterocycles. The number of fused-ring (bicyclic) bond motifs is 1. The van der Waals surface area contributed by atoms with E-state index in [-0.39, 0.29) is 37.4 Å². The summed E-state index contributed by atoms with van der Waals surface area (Å²) in [5.74, 6) is -1.41. The number of aliphatic hydroxyl groups is 1. The number of aliphatic hydroxyl groups excluding tert-OH is 1. The molecular weight excluding hydrogens is 586 g/mol. The zero-order valence-electron chi connectivity index (χ0n) is 27.2. The summed E-state index contributed by atoms with van der Waals surface area (Å²) in [5, 5.41) is 10.5. The highest BCUT2D eigenvalue weighted by atomic mass is 16.5. The van der Waals surface area contributed by atoms with E-state index >= 15 is 0 Å². The van der Waals surface area contributed by atoms with Crippen molar-refractivity contribution in [1.82, 2.24) is 4.90 Å². The molecule has 3 heterocycles. The summed E-state index contributed by atoms with van der Waals surface area (Å²) >= 11 is 0. The maximum absolute atomic E-state index is 14.8. The summed E-state index contributed by atoms with van der Waals surface area (Å²) in [6, 6.07) is 12.6. The Kier molecular flexibility index (Phi) is 9.60. The Labute approximate surface area is 271 Å². The average molecular weight is 632 g/mol. The van der Waals surface area contributed by atoms with Crippen molar-refractivity contribution in [1.29, 1.82) is 0 Å². The molecule has 2 aromatic carbocycles. The van der Waals surface area contributed by atoms with Crippen molar-refractivity contribution in [3.8, 4) is 11.5 Å².